The molecule has 1 rings (SSSR count). The van der Waals surface area contributed by atoms with E-state index in [1.54, 1.807) is 0 Å². The lowest BCUT2D eigenvalue weighted by atomic mass is 10.3. The zero-order valence-electron chi connectivity index (χ0n) is 8.28. The minimum atomic E-state index is 0.262. The third-order valence-corrected chi connectivity index (χ3v) is 1.77. The molecule has 0 unspecified atom stereocenters. The summed E-state index contributed by atoms with van der Waals surface area (Å²) in [6, 6.07) is 0. The first kappa shape index (κ1) is 10.2. The lowest BCUT2D eigenvalue weighted by molar-refractivity contribution is 0.998. The van der Waals surface area contributed by atoms with E-state index in [1.165, 1.54) is 0 Å². The number of hydrogen-bond donors (Lipinski definition) is 3. The van der Waals surface area contributed by atoms with Crippen molar-refractivity contribution < 1.29 is 0 Å². The smallest absolute Gasteiger partial charge is 0.175 e. The van der Waals surface area contributed by atoms with Gasteiger partial charge in [-0.25, -0.2) is 0 Å². The Labute approximate surface area is 82.1 Å². The Morgan fingerprint density at radius 2 is 2.29 bits per heavy atom. The Morgan fingerprint density at radius 3 is 2.71 bits per heavy atom. The second-order valence-corrected chi connectivity index (χ2v) is 2.70. The largest absolute Gasteiger partial charge is 0.382 e. The highest BCUT2D eigenvalue weighted by Gasteiger charge is 2.05. The molecule has 0 saturated heterocycles. The van der Waals surface area contributed by atoms with Gasteiger partial charge in [-0.1, -0.05) is 13.0 Å². The molecule has 76 valence electrons. The van der Waals surface area contributed by atoms with Crippen LogP contribution in [0.15, 0.2) is 22.0 Å². The number of anilines is 2. The monoisotopic (exact) mass is 194 g/mol. The normalized spacial score (nSPS) is 12.6. The highest BCUT2D eigenvalue weighted by atomic mass is 15.2. The van der Waals surface area contributed by atoms with Crippen molar-refractivity contribution in [2.45, 2.75) is 20.3 Å². The van der Waals surface area contributed by atoms with Crippen LogP contribution in [0.25, 0.3) is 0 Å². The van der Waals surface area contributed by atoms with Crippen LogP contribution in [0.3, 0.4) is 0 Å². The van der Waals surface area contributed by atoms with E-state index in [2.05, 4.69) is 20.4 Å². The number of aromatic nitrogens is 2. The van der Waals surface area contributed by atoms with Gasteiger partial charge < -0.3 is 11.5 Å². The van der Waals surface area contributed by atoms with Crippen LogP contribution in [0.1, 0.15) is 20.3 Å². The number of H-pyrrole nitrogens is 1. The second kappa shape index (κ2) is 4.40. The van der Waals surface area contributed by atoms with E-state index in [0.717, 1.165) is 12.1 Å². The van der Waals surface area contributed by atoms with Gasteiger partial charge in [0, 0.05) is 0 Å². The van der Waals surface area contributed by atoms with Crippen molar-refractivity contribution in [3.05, 3.63) is 11.8 Å². The van der Waals surface area contributed by atoms with Gasteiger partial charge in [-0.3, -0.25) is 5.10 Å². The average molecular weight is 194 g/mol. The van der Waals surface area contributed by atoms with Gasteiger partial charge in [-0.15, -0.1) is 5.11 Å². The lowest BCUT2D eigenvalue weighted by Gasteiger charge is -1.93. The Bertz CT molecular complexity index is 342. The number of hydrogen-bond acceptors (Lipinski definition) is 5. The van der Waals surface area contributed by atoms with E-state index in [4.69, 9.17) is 11.5 Å². The fourth-order valence-corrected chi connectivity index (χ4v) is 0.916. The number of nitrogen functional groups attached to an aromatic ring is 2. The molecule has 14 heavy (non-hydrogen) atoms. The highest BCUT2D eigenvalue weighted by Crippen LogP contribution is 2.26. The molecule has 0 bridgehead atoms. The van der Waals surface area contributed by atoms with Crippen LogP contribution < -0.4 is 11.5 Å². The van der Waals surface area contributed by atoms with Gasteiger partial charge in [-0.2, -0.15) is 10.2 Å². The van der Waals surface area contributed by atoms with E-state index in [1.807, 2.05) is 19.9 Å². The maximum absolute atomic E-state index is 5.54. The van der Waals surface area contributed by atoms with Gasteiger partial charge in [0.1, 0.15) is 5.82 Å². The number of nitrogens with zero attached hydrogens (tertiary/aromatic N) is 3. The number of aromatic amines is 1. The predicted molar refractivity (Wildman–Crippen MR) is 56.0 cm³/mol. The first-order valence-corrected chi connectivity index (χ1v) is 4.35. The summed E-state index contributed by atoms with van der Waals surface area (Å²) in [5.41, 5.74) is 12.3. The molecule has 0 aliphatic rings. The first-order valence-electron chi connectivity index (χ1n) is 4.35. The molecule has 0 amide bonds. The summed E-state index contributed by atoms with van der Waals surface area (Å²) in [4.78, 5) is 0. The second-order valence-electron chi connectivity index (χ2n) is 2.70. The Hall–Kier alpha value is -1.85. The molecule has 0 aliphatic carbocycles. The molecule has 6 heteroatoms. The lowest BCUT2D eigenvalue weighted by Crippen LogP contribution is -1.85. The molecule has 0 atom stereocenters. The standard InChI is InChI=1S/C8H14N6/c1-3-5(4-2)11-12-6-7(9)13-14-8(6)10/h3H,4H2,1-2H3,(H5,9,10,13,14)/b5-3+,12-11?. The van der Waals surface area contributed by atoms with Crippen molar-refractivity contribution in [1.82, 2.24) is 10.2 Å². The van der Waals surface area contributed by atoms with Crippen molar-refractivity contribution in [3.8, 4) is 0 Å². The fraction of sp³-hybridized carbons (Fsp3) is 0.375. The molecule has 0 aliphatic heterocycles. The summed E-state index contributed by atoms with van der Waals surface area (Å²) in [5, 5.41) is 14.1. The summed E-state index contributed by atoms with van der Waals surface area (Å²) in [6.07, 6.45) is 2.70. The molecule has 1 heterocycles. The highest BCUT2D eigenvalue weighted by molar-refractivity contribution is 5.70. The number of nitrogens with one attached hydrogen (secondary N) is 1. The molecule has 0 spiro atoms. The maximum atomic E-state index is 5.54. The van der Waals surface area contributed by atoms with Gasteiger partial charge in [0.05, 0.1) is 5.70 Å². The van der Waals surface area contributed by atoms with Crippen molar-refractivity contribution in [1.29, 1.82) is 0 Å². The molecule has 1 aromatic rings. The van der Waals surface area contributed by atoms with Crippen LogP contribution >= 0.6 is 0 Å². The van der Waals surface area contributed by atoms with E-state index in [0.29, 0.717) is 11.5 Å². The van der Waals surface area contributed by atoms with Crippen LogP contribution in [0.4, 0.5) is 17.3 Å². The Kier molecular flexibility index (Phi) is 3.22. The van der Waals surface area contributed by atoms with Gasteiger partial charge in [0.2, 0.25) is 0 Å². The van der Waals surface area contributed by atoms with Gasteiger partial charge >= 0.3 is 0 Å². The summed E-state index contributed by atoms with van der Waals surface area (Å²) in [6.45, 7) is 3.90. The van der Waals surface area contributed by atoms with Gasteiger partial charge in [0.15, 0.2) is 11.5 Å². The number of allylic oxidation sites excluding steroid dienone is 2. The third kappa shape index (κ3) is 2.09. The molecule has 0 saturated carbocycles. The third-order valence-electron chi connectivity index (χ3n) is 1.77. The van der Waals surface area contributed by atoms with Crippen LogP contribution in [0.5, 0.6) is 0 Å². The van der Waals surface area contributed by atoms with Crippen molar-refractivity contribution in [3.63, 3.8) is 0 Å². The summed E-state index contributed by atoms with van der Waals surface area (Å²) in [5.74, 6) is 0.593. The van der Waals surface area contributed by atoms with Crippen LogP contribution in [-0.4, -0.2) is 10.2 Å². The summed E-state index contributed by atoms with van der Waals surface area (Å²) >= 11 is 0. The summed E-state index contributed by atoms with van der Waals surface area (Å²) in [7, 11) is 0. The van der Waals surface area contributed by atoms with Crippen LogP contribution in [-0.2, 0) is 0 Å². The number of rotatable bonds is 3. The van der Waals surface area contributed by atoms with Crippen LogP contribution in [0.2, 0.25) is 0 Å². The van der Waals surface area contributed by atoms with Crippen molar-refractivity contribution in [2.75, 3.05) is 11.5 Å². The molecule has 1 aromatic heterocycles. The van der Waals surface area contributed by atoms with E-state index in [9.17, 15) is 0 Å². The fourth-order valence-electron chi connectivity index (χ4n) is 0.916. The number of nitrogens with two attached hydrogens (primary N) is 2. The molecular formula is C8H14N6. The quantitative estimate of drug-likeness (QED) is 0.640. The van der Waals surface area contributed by atoms with Gasteiger partial charge in [-0.05, 0) is 13.3 Å². The van der Waals surface area contributed by atoms with Crippen LogP contribution in [0, 0.1) is 0 Å². The Balaban J connectivity index is 2.88. The molecule has 0 aromatic carbocycles. The molecular weight excluding hydrogens is 180 g/mol. The molecule has 6 nitrogen and oxygen atoms in total. The van der Waals surface area contributed by atoms with E-state index in [-0.39, 0.29) is 5.82 Å². The first-order chi connectivity index (χ1) is 6.69. The predicted octanol–water partition coefficient (Wildman–Crippen LogP) is 1.97. The van der Waals surface area contributed by atoms with Crippen molar-refractivity contribution in [2.24, 2.45) is 10.2 Å². The topological polar surface area (TPSA) is 105 Å². The Morgan fingerprint density at radius 1 is 1.57 bits per heavy atom. The van der Waals surface area contributed by atoms with E-state index < -0.39 is 0 Å². The maximum Gasteiger partial charge on any atom is 0.175 e. The molecule has 0 radical (unpaired) electrons. The van der Waals surface area contributed by atoms with Crippen molar-refractivity contribution >= 4 is 17.3 Å². The number of azo groups is 1. The van der Waals surface area contributed by atoms with Gasteiger partial charge in [0.25, 0.3) is 0 Å². The average Bonchev–Trinajstić information content (AvgIpc) is 2.50. The zero-order valence-corrected chi connectivity index (χ0v) is 8.28. The zero-order chi connectivity index (χ0) is 10.6. The molecule has 0 fully saturated rings. The SMILES string of the molecule is C/C=C(\CC)N=Nc1c(N)n[nH]c1N. The molecule has 5 N–H and O–H groups in total. The minimum Gasteiger partial charge on any atom is -0.382 e. The summed E-state index contributed by atoms with van der Waals surface area (Å²) < 4.78 is 0. The minimum absolute atomic E-state index is 0.262. The van der Waals surface area contributed by atoms with E-state index >= 15 is 0 Å².